The molecular formula is C12H17NO2. The number of benzene rings is 1. The molecule has 82 valence electrons. The SMILES string of the molecule is COc1cccc(C2(O)CCNC2C)c1. The Morgan fingerprint density at radius 1 is 1.53 bits per heavy atom. The second-order valence-corrected chi connectivity index (χ2v) is 4.08. The second-order valence-electron chi connectivity index (χ2n) is 4.08. The molecule has 0 amide bonds. The molecule has 2 rings (SSSR count). The maximum absolute atomic E-state index is 10.5. The number of aliphatic hydroxyl groups is 1. The minimum Gasteiger partial charge on any atom is -0.497 e. The summed E-state index contributed by atoms with van der Waals surface area (Å²) in [6, 6.07) is 7.75. The van der Waals surface area contributed by atoms with Crippen LogP contribution < -0.4 is 10.1 Å². The lowest BCUT2D eigenvalue weighted by atomic mass is 9.87. The Labute approximate surface area is 90.1 Å². The van der Waals surface area contributed by atoms with Gasteiger partial charge in [-0.25, -0.2) is 0 Å². The maximum Gasteiger partial charge on any atom is 0.119 e. The van der Waals surface area contributed by atoms with Crippen LogP contribution in [0.4, 0.5) is 0 Å². The molecule has 0 saturated carbocycles. The van der Waals surface area contributed by atoms with Crippen LogP contribution in [0.2, 0.25) is 0 Å². The maximum atomic E-state index is 10.5. The normalized spacial score (nSPS) is 30.5. The van der Waals surface area contributed by atoms with E-state index in [0.717, 1.165) is 24.3 Å². The van der Waals surface area contributed by atoms with Crippen LogP contribution in [-0.4, -0.2) is 24.8 Å². The monoisotopic (exact) mass is 207 g/mol. The van der Waals surface area contributed by atoms with Crippen LogP contribution in [0.15, 0.2) is 24.3 Å². The van der Waals surface area contributed by atoms with Crippen molar-refractivity contribution in [1.82, 2.24) is 5.32 Å². The van der Waals surface area contributed by atoms with Crippen LogP contribution in [0.5, 0.6) is 5.75 Å². The van der Waals surface area contributed by atoms with Gasteiger partial charge in [0.15, 0.2) is 0 Å². The number of nitrogens with one attached hydrogen (secondary N) is 1. The summed E-state index contributed by atoms with van der Waals surface area (Å²) in [5, 5.41) is 13.8. The van der Waals surface area contributed by atoms with Crippen LogP contribution in [-0.2, 0) is 5.60 Å². The molecule has 1 aromatic rings. The number of hydrogen-bond acceptors (Lipinski definition) is 3. The predicted octanol–water partition coefficient (Wildman–Crippen LogP) is 1.26. The van der Waals surface area contributed by atoms with E-state index in [1.54, 1.807) is 7.11 Å². The number of hydrogen-bond donors (Lipinski definition) is 2. The summed E-state index contributed by atoms with van der Waals surface area (Å²) in [4.78, 5) is 0. The topological polar surface area (TPSA) is 41.5 Å². The highest BCUT2D eigenvalue weighted by Crippen LogP contribution is 2.33. The molecule has 1 aromatic carbocycles. The van der Waals surface area contributed by atoms with Gasteiger partial charge in [0.25, 0.3) is 0 Å². The van der Waals surface area contributed by atoms with Crippen molar-refractivity contribution in [3.63, 3.8) is 0 Å². The number of methoxy groups -OCH3 is 1. The molecule has 0 radical (unpaired) electrons. The standard InChI is InChI=1S/C12H17NO2/c1-9-12(14,6-7-13-9)10-4-3-5-11(8-10)15-2/h3-5,8-9,13-14H,6-7H2,1-2H3. The molecule has 2 atom stereocenters. The molecule has 1 aliphatic heterocycles. The summed E-state index contributed by atoms with van der Waals surface area (Å²) >= 11 is 0. The zero-order chi connectivity index (χ0) is 10.9. The van der Waals surface area contributed by atoms with Crippen molar-refractivity contribution in [1.29, 1.82) is 0 Å². The van der Waals surface area contributed by atoms with Gasteiger partial charge in [-0.05, 0) is 37.6 Å². The molecule has 1 fully saturated rings. The molecule has 3 heteroatoms. The molecular weight excluding hydrogens is 190 g/mol. The zero-order valence-electron chi connectivity index (χ0n) is 9.16. The van der Waals surface area contributed by atoms with Gasteiger partial charge in [-0.3, -0.25) is 0 Å². The van der Waals surface area contributed by atoms with E-state index < -0.39 is 5.60 Å². The predicted molar refractivity (Wildman–Crippen MR) is 59.0 cm³/mol. The van der Waals surface area contributed by atoms with E-state index in [-0.39, 0.29) is 6.04 Å². The first kappa shape index (κ1) is 10.5. The van der Waals surface area contributed by atoms with Crippen molar-refractivity contribution < 1.29 is 9.84 Å². The summed E-state index contributed by atoms with van der Waals surface area (Å²) < 4.78 is 5.16. The van der Waals surface area contributed by atoms with E-state index in [9.17, 15) is 5.11 Å². The van der Waals surface area contributed by atoms with Crippen LogP contribution >= 0.6 is 0 Å². The lowest BCUT2D eigenvalue weighted by Crippen LogP contribution is -2.37. The molecule has 0 aromatic heterocycles. The van der Waals surface area contributed by atoms with Gasteiger partial charge in [0.2, 0.25) is 0 Å². The zero-order valence-corrected chi connectivity index (χ0v) is 9.16. The van der Waals surface area contributed by atoms with E-state index in [2.05, 4.69) is 5.32 Å². The van der Waals surface area contributed by atoms with Crippen molar-refractivity contribution >= 4 is 0 Å². The first-order chi connectivity index (χ1) is 7.16. The molecule has 0 bridgehead atoms. The Balaban J connectivity index is 2.35. The summed E-state index contributed by atoms with van der Waals surface area (Å²) in [6.45, 7) is 2.86. The first-order valence-corrected chi connectivity index (χ1v) is 5.27. The highest BCUT2D eigenvalue weighted by molar-refractivity contribution is 5.34. The van der Waals surface area contributed by atoms with Crippen molar-refractivity contribution in [3.8, 4) is 5.75 Å². The third kappa shape index (κ3) is 1.73. The minimum atomic E-state index is -0.755. The third-order valence-corrected chi connectivity index (χ3v) is 3.24. The van der Waals surface area contributed by atoms with Gasteiger partial charge in [-0.2, -0.15) is 0 Å². The molecule has 2 unspecified atom stereocenters. The fourth-order valence-corrected chi connectivity index (χ4v) is 2.15. The van der Waals surface area contributed by atoms with Gasteiger partial charge >= 0.3 is 0 Å². The smallest absolute Gasteiger partial charge is 0.119 e. The highest BCUT2D eigenvalue weighted by atomic mass is 16.5. The largest absolute Gasteiger partial charge is 0.497 e. The second kappa shape index (κ2) is 3.83. The Morgan fingerprint density at radius 2 is 2.33 bits per heavy atom. The van der Waals surface area contributed by atoms with Crippen molar-refractivity contribution in [3.05, 3.63) is 29.8 Å². The molecule has 2 N–H and O–H groups in total. The molecule has 1 aliphatic rings. The van der Waals surface area contributed by atoms with E-state index in [4.69, 9.17) is 4.74 Å². The van der Waals surface area contributed by atoms with E-state index >= 15 is 0 Å². The van der Waals surface area contributed by atoms with Gasteiger partial charge in [0, 0.05) is 6.04 Å². The molecule has 0 aliphatic carbocycles. The summed E-state index contributed by atoms with van der Waals surface area (Å²) in [6.07, 6.45) is 0.751. The number of rotatable bonds is 2. The lowest BCUT2D eigenvalue weighted by Gasteiger charge is -2.27. The third-order valence-electron chi connectivity index (χ3n) is 3.24. The average Bonchev–Trinajstić information content (AvgIpc) is 2.61. The summed E-state index contributed by atoms with van der Waals surface area (Å²) in [5.74, 6) is 0.792. The average molecular weight is 207 g/mol. The fourth-order valence-electron chi connectivity index (χ4n) is 2.15. The van der Waals surface area contributed by atoms with Crippen LogP contribution in [0.25, 0.3) is 0 Å². The van der Waals surface area contributed by atoms with Crippen molar-refractivity contribution in [2.75, 3.05) is 13.7 Å². The van der Waals surface area contributed by atoms with Crippen LogP contribution in [0.1, 0.15) is 18.9 Å². The minimum absolute atomic E-state index is 0.0876. The van der Waals surface area contributed by atoms with E-state index in [1.807, 2.05) is 31.2 Å². The van der Waals surface area contributed by atoms with Gasteiger partial charge < -0.3 is 15.2 Å². The fraction of sp³-hybridized carbons (Fsp3) is 0.500. The summed E-state index contributed by atoms with van der Waals surface area (Å²) in [7, 11) is 1.64. The van der Waals surface area contributed by atoms with E-state index in [1.165, 1.54) is 0 Å². The Bertz CT molecular complexity index is 353. The van der Waals surface area contributed by atoms with Crippen LogP contribution in [0.3, 0.4) is 0 Å². The highest BCUT2D eigenvalue weighted by Gasteiger charge is 2.39. The quantitative estimate of drug-likeness (QED) is 0.767. The number of ether oxygens (including phenoxy) is 1. The Hall–Kier alpha value is -1.06. The molecule has 15 heavy (non-hydrogen) atoms. The first-order valence-electron chi connectivity index (χ1n) is 5.27. The molecule has 0 spiro atoms. The van der Waals surface area contributed by atoms with E-state index in [0.29, 0.717) is 0 Å². The van der Waals surface area contributed by atoms with Crippen LogP contribution in [0, 0.1) is 0 Å². The Morgan fingerprint density at radius 3 is 2.93 bits per heavy atom. The van der Waals surface area contributed by atoms with Gasteiger partial charge in [0.1, 0.15) is 11.4 Å². The van der Waals surface area contributed by atoms with Gasteiger partial charge in [0.05, 0.1) is 7.11 Å². The Kier molecular flexibility index (Phi) is 2.67. The van der Waals surface area contributed by atoms with Gasteiger partial charge in [-0.15, -0.1) is 0 Å². The van der Waals surface area contributed by atoms with Crippen molar-refractivity contribution in [2.24, 2.45) is 0 Å². The van der Waals surface area contributed by atoms with Crippen molar-refractivity contribution in [2.45, 2.75) is 25.0 Å². The molecule has 3 nitrogen and oxygen atoms in total. The van der Waals surface area contributed by atoms with Gasteiger partial charge in [-0.1, -0.05) is 12.1 Å². The lowest BCUT2D eigenvalue weighted by molar-refractivity contribution is 0.0291. The molecule has 1 heterocycles. The molecule has 1 saturated heterocycles. The summed E-state index contributed by atoms with van der Waals surface area (Å²) in [5.41, 5.74) is 0.175.